The number of piperazine rings is 1. The lowest BCUT2D eigenvalue weighted by Crippen LogP contribution is -2.47. The van der Waals surface area contributed by atoms with Crippen LogP contribution in [0.4, 0.5) is 0 Å². The Morgan fingerprint density at radius 3 is 2.35 bits per heavy atom. The first-order valence-corrected chi connectivity index (χ1v) is 15.1. The second-order valence-electron chi connectivity index (χ2n) is 10.8. The van der Waals surface area contributed by atoms with Crippen LogP contribution < -0.4 is 9.47 Å². The molecule has 5 rings (SSSR count). The minimum atomic E-state index is 0.0163. The van der Waals surface area contributed by atoms with E-state index in [-0.39, 0.29) is 5.91 Å². The molecule has 0 spiro atoms. The predicted octanol–water partition coefficient (Wildman–Crippen LogP) is 8.12. The molecule has 0 bridgehead atoms. The summed E-state index contributed by atoms with van der Waals surface area (Å²) in [5.74, 6) is 1.53. The average Bonchev–Trinajstić information content (AvgIpc) is 3.00. The molecule has 1 aliphatic heterocycles. The number of aromatic nitrogens is 1. The molecule has 1 aromatic heterocycles. The highest BCUT2D eigenvalue weighted by molar-refractivity contribution is 6.32. The minimum absolute atomic E-state index is 0.0163. The fourth-order valence-electron chi connectivity index (χ4n) is 4.92. The third-order valence-electron chi connectivity index (χ3n) is 7.50. The highest BCUT2D eigenvalue weighted by Crippen LogP contribution is 2.35. The average molecular weight is 617 g/mol. The molecule has 1 aliphatic rings. The zero-order valence-electron chi connectivity index (χ0n) is 24.6. The first-order chi connectivity index (χ1) is 20.7. The SMILES string of the molecule is CC(=CC(=O)N1CCN(Cc2ccc(C)cc2)CC1)c1cc(C)c(Oc2ccc(OCc3ccccc3Cl)cn2)c(Cl)c1. The molecule has 8 heteroatoms. The van der Waals surface area contributed by atoms with Gasteiger partial charge in [0.1, 0.15) is 12.4 Å². The molecule has 0 atom stereocenters. The van der Waals surface area contributed by atoms with Gasteiger partial charge in [0.15, 0.2) is 5.75 Å². The van der Waals surface area contributed by atoms with Gasteiger partial charge in [-0.3, -0.25) is 9.69 Å². The van der Waals surface area contributed by atoms with Crippen molar-refractivity contribution in [1.29, 1.82) is 0 Å². The van der Waals surface area contributed by atoms with Crippen LogP contribution in [0.5, 0.6) is 17.4 Å². The Morgan fingerprint density at radius 1 is 0.930 bits per heavy atom. The summed E-state index contributed by atoms with van der Waals surface area (Å²) >= 11 is 12.9. The van der Waals surface area contributed by atoms with Crippen molar-refractivity contribution in [3.63, 3.8) is 0 Å². The summed E-state index contributed by atoms with van der Waals surface area (Å²) < 4.78 is 11.8. The Kier molecular flexibility index (Phi) is 10.0. The number of benzene rings is 3. The number of aryl methyl sites for hydroxylation is 2. The normalized spacial score (nSPS) is 14.1. The van der Waals surface area contributed by atoms with E-state index >= 15 is 0 Å². The van der Waals surface area contributed by atoms with Crippen LogP contribution >= 0.6 is 23.2 Å². The summed E-state index contributed by atoms with van der Waals surface area (Å²) in [4.78, 5) is 21.8. The van der Waals surface area contributed by atoms with Crippen LogP contribution in [0, 0.1) is 13.8 Å². The van der Waals surface area contributed by atoms with Gasteiger partial charge < -0.3 is 14.4 Å². The Balaban J connectivity index is 1.16. The lowest BCUT2D eigenvalue weighted by molar-refractivity contribution is -0.127. The van der Waals surface area contributed by atoms with Crippen LogP contribution in [0.3, 0.4) is 0 Å². The molecule has 0 aliphatic carbocycles. The maximum Gasteiger partial charge on any atom is 0.246 e. The van der Waals surface area contributed by atoms with E-state index in [1.54, 1.807) is 24.4 Å². The number of carbonyl (C=O) groups excluding carboxylic acids is 1. The molecule has 4 aromatic rings. The first-order valence-electron chi connectivity index (χ1n) is 14.3. The van der Waals surface area contributed by atoms with Gasteiger partial charge in [0.25, 0.3) is 0 Å². The number of amides is 1. The van der Waals surface area contributed by atoms with Crippen molar-refractivity contribution in [1.82, 2.24) is 14.8 Å². The van der Waals surface area contributed by atoms with Gasteiger partial charge in [0.2, 0.25) is 11.8 Å². The van der Waals surface area contributed by atoms with Crippen molar-refractivity contribution in [2.24, 2.45) is 0 Å². The molecular formula is C35H35Cl2N3O3. The maximum absolute atomic E-state index is 13.1. The Morgan fingerprint density at radius 2 is 1.67 bits per heavy atom. The van der Waals surface area contributed by atoms with E-state index in [0.717, 1.165) is 41.9 Å². The highest BCUT2D eigenvalue weighted by atomic mass is 35.5. The van der Waals surface area contributed by atoms with Gasteiger partial charge in [-0.2, -0.15) is 0 Å². The van der Waals surface area contributed by atoms with Crippen molar-refractivity contribution < 1.29 is 14.3 Å². The number of halogens is 2. The summed E-state index contributed by atoms with van der Waals surface area (Å²) in [6, 6.07) is 23.5. The minimum Gasteiger partial charge on any atom is -0.487 e. The van der Waals surface area contributed by atoms with E-state index in [4.69, 9.17) is 32.7 Å². The molecule has 1 fully saturated rings. The third kappa shape index (κ3) is 8.17. The summed E-state index contributed by atoms with van der Waals surface area (Å²) in [5, 5.41) is 1.10. The first kappa shape index (κ1) is 30.6. The monoisotopic (exact) mass is 615 g/mol. The molecule has 1 saturated heterocycles. The van der Waals surface area contributed by atoms with E-state index in [2.05, 4.69) is 41.1 Å². The molecule has 1 amide bonds. The molecule has 0 radical (unpaired) electrons. The van der Waals surface area contributed by atoms with Gasteiger partial charge in [-0.1, -0.05) is 71.2 Å². The summed E-state index contributed by atoms with van der Waals surface area (Å²) in [7, 11) is 0. The molecule has 0 N–H and O–H groups in total. The van der Waals surface area contributed by atoms with Crippen molar-refractivity contribution >= 4 is 34.7 Å². The van der Waals surface area contributed by atoms with Crippen LogP contribution in [0.1, 0.15) is 34.7 Å². The van der Waals surface area contributed by atoms with Crippen LogP contribution in [0.2, 0.25) is 10.0 Å². The number of allylic oxidation sites excluding steroid dienone is 1. The molecule has 3 aromatic carbocycles. The smallest absolute Gasteiger partial charge is 0.246 e. The second-order valence-corrected chi connectivity index (χ2v) is 11.6. The molecule has 0 saturated carbocycles. The number of hydrogen-bond donors (Lipinski definition) is 0. The van der Waals surface area contributed by atoms with Crippen molar-refractivity contribution in [3.8, 4) is 17.4 Å². The highest BCUT2D eigenvalue weighted by Gasteiger charge is 2.20. The molecule has 6 nitrogen and oxygen atoms in total. The molecule has 43 heavy (non-hydrogen) atoms. The van der Waals surface area contributed by atoms with Crippen molar-refractivity contribution in [3.05, 3.63) is 123 Å². The zero-order valence-corrected chi connectivity index (χ0v) is 26.2. The number of nitrogens with zero attached hydrogens (tertiary/aromatic N) is 3. The Bertz CT molecular complexity index is 1570. The standard InChI is InChI=1S/C35H35Cl2N3O3/c1-24-8-10-27(11-9-24)22-39-14-16-40(17-15-39)34(41)19-25(2)29-18-26(3)35(32(37)20-29)43-33-13-12-30(21-38-33)42-23-28-6-4-5-7-31(28)36/h4-13,18-21H,14-17,22-23H2,1-3H3. The molecule has 222 valence electrons. The fourth-order valence-corrected chi connectivity index (χ4v) is 5.41. The van der Waals surface area contributed by atoms with E-state index in [1.807, 2.05) is 55.1 Å². The van der Waals surface area contributed by atoms with Crippen LogP contribution in [-0.2, 0) is 17.9 Å². The van der Waals surface area contributed by atoms with Gasteiger partial charge in [-0.15, -0.1) is 0 Å². The molecule has 0 unspecified atom stereocenters. The lowest BCUT2D eigenvalue weighted by atomic mass is 10.0. The quantitative estimate of drug-likeness (QED) is 0.178. The number of hydrogen-bond acceptors (Lipinski definition) is 5. The predicted molar refractivity (Wildman–Crippen MR) is 173 cm³/mol. The summed E-state index contributed by atoms with van der Waals surface area (Å²) in [6.07, 6.45) is 3.30. The molecular weight excluding hydrogens is 581 g/mol. The third-order valence-corrected chi connectivity index (χ3v) is 8.15. The van der Waals surface area contributed by atoms with Crippen molar-refractivity contribution in [2.75, 3.05) is 26.2 Å². The molecule has 2 heterocycles. The topological polar surface area (TPSA) is 54.9 Å². The fraction of sp³-hybridized carbons (Fsp3) is 0.257. The van der Waals surface area contributed by atoms with Gasteiger partial charge in [-0.05, 0) is 67.3 Å². The van der Waals surface area contributed by atoms with Gasteiger partial charge in [-0.25, -0.2) is 4.98 Å². The van der Waals surface area contributed by atoms with Crippen LogP contribution in [-0.4, -0.2) is 46.9 Å². The summed E-state index contributed by atoms with van der Waals surface area (Å²) in [6.45, 7) is 10.3. The number of carbonyl (C=O) groups is 1. The largest absolute Gasteiger partial charge is 0.487 e. The van der Waals surface area contributed by atoms with Gasteiger partial charge in [0.05, 0.1) is 11.2 Å². The Hall–Kier alpha value is -3.84. The second kappa shape index (κ2) is 14.1. The van der Waals surface area contributed by atoms with Crippen LogP contribution in [0.25, 0.3) is 5.57 Å². The van der Waals surface area contributed by atoms with Gasteiger partial charge >= 0.3 is 0 Å². The zero-order chi connectivity index (χ0) is 30.3. The number of ether oxygens (including phenoxy) is 2. The van der Waals surface area contributed by atoms with E-state index in [9.17, 15) is 4.79 Å². The van der Waals surface area contributed by atoms with E-state index < -0.39 is 0 Å². The maximum atomic E-state index is 13.1. The van der Waals surface area contributed by atoms with E-state index in [0.29, 0.717) is 47.1 Å². The number of pyridine rings is 1. The van der Waals surface area contributed by atoms with Gasteiger partial charge in [0, 0.05) is 55.5 Å². The van der Waals surface area contributed by atoms with Crippen molar-refractivity contribution in [2.45, 2.75) is 33.9 Å². The summed E-state index contributed by atoms with van der Waals surface area (Å²) in [5.41, 5.74) is 6.02. The van der Waals surface area contributed by atoms with Crippen LogP contribution in [0.15, 0.2) is 85.1 Å². The number of rotatable bonds is 9. The lowest BCUT2D eigenvalue weighted by Gasteiger charge is -2.34. The Labute approximate surface area is 263 Å². The van der Waals surface area contributed by atoms with E-state index in [1.165, 1.54) is 11.1 Å².